The molecule has 2 heterocycles. The van der Waals surface area contributed by atoms with Crippen molar-refractivity contribution in [1.82, 2.24) is 9.80 Å². The van der Waals surface area contributed by atoms with Crippen LogP contribution in [0.4, 0.5) is 18.9 Å². The molecule has 0 radical (unpaired) electrons. The Bertz CT molecular complexity index is 1080. The maximum atomic E-state index is 13.0. The first-order valence-corrected chi connectivity index (χ1v) is 10.9. The molecule has 0 aromatic heterocycles. The van der Waals surface area contributed by atoms with Crippen molar-refractivity contribution in [3.63, 3.8) is 0 Å². The van der Waals surface area contributed by atoms with Gasteiger partial charge in [-0.25, -0.2) is 4.99 Å². The first-order chi connectivity index (χ1) is 15.3. The van der Waals surface area contributed by atoms with Crippen LogP contribution in [-0.2, 0) is 11.0 Å². The summed E-state index contributed by atoms with van der Waals surface area (Å²) in [5, 5.41) is 0.308. The van der Waals surface area contributed by atoms with E-state index in [4.69, 9.17) is 0 Å². The summed E-state index contributed by atoms with van der Waals surface area (Å²) in [6.07, 6.45) is -3.89. The molecular formula is C22H18F3N3O3S. The smallest absolute Gasteiger partial charge is 0.291 e. The molecule has 10 heteroatoms. The van der Waals surface area contributed by atoms with Crippen molar-refractivity contribution in [2.75, 3.05) is 18.8 Å². The van der Waals surface area contributed by atoms with Gasteiger partial charge in [-0.15, -0.1) is 0 Å². The molecule has 6 nitrogen and oxygen atoms in total. The highest BCUT2D eigenvalue weighted by Crippen LogP contribution is 2.32. The molecule has 1 saturated heterocycles. The number of carbonyl (C=O) groups excluding carboxylic acids is 3. The van der Waals surface area contributed by atoms with Crippen LogP contribution in [0.5, 0.6) is 0 Å². The summed E-state index contributed by atoms with van der Waals surface area (Å²) in [5.41, 5.74) is -0.0958. The monoisotopic (exact) mass is 461 g/mol. The largest absolute Gasteiger partial charge is 0.416 e. The van der Waals surface area contributed by atoms with Crippen molar-refractivity contribution >= 4 is 40.3 Å². The minimum Gasteiger partial charge on any atom is -0.291 e. The Morgan fingerprint density at radius 3 is 2.38 bits per heavy atom. The Kier molecular flexibility index (Phi) is 6.05. The van der Waals surface area contributed by atoms with Crippen LogP contribution in [0.2, 0.25) is 0 Å². The molecule has 0 saturated carbocycles. The van der Waals surface area contributed by atoms with Gasteiger partial charge in [0.1, 0.15) is 0 Å². The van der Waals surface area contributed by atoms with E-state index in [9.17, 15) is 27.6 Å². The number of amidine groups is 1. The van der Waals surface area contributed by atoms with Gasteiger partial charge in [-0.3, -0.25) is 24.2 Å². The fourth-order valence-electron chi connectivity index (χ4n) is 3.53. The second-order valence-electron chi connectivity index (χ2n) is 7.25. The second-order valence-corrected chi connectivity index (χ2v) is 8.31. The van der Waals surface area contributed by atoms with Crippen LogP contribution in [0.15, 0.2) is 53.5 Å². The highest BCUT2D eigenvalue weighted by atomic mass is 32.2. The number of nitrogens with zero attached hydrogens (tertiary/aromatic N) is 3. The van der Waals surface area contributed by atoms with Gasteiger partial charge in [-0.1, -0.05) is 30.0 Å². The predicted molar refractivity (Wildman–Crippen MR) is 114 cm³/mol. The quantitative estimate of drug-likeness (QED) is 0.635. The second kappa shape index (κ2) is 8.78. The molecule has 2 aromatic carbocycles. The normalized spacial score (nSPS) is 17.8. The van der Waals surface area contributed by atoms with Crippen LogP contribution >= 0.6 is 11.8 Å². The molecule has 2 aliphatic heterocycles. The molecule has 32 heavy (non-hydrogen) atoms. The van der Waals surface area contributed by atoms with Crippen LogP contribution in [0, 0.1) is 0 Å². The molecule has 0 spiro atoms. The topological polar surface area (TPSA) is 70.1 Å². The van der Waals surface area contributed by atoms with Crippen molar-refractivity contribution in [2.45, 2.75) is 19.0 Å². The predicted octanol–water partition coefficient (Wildman–Crippen LogP) is 4.34. The maximum absolute atomic E-state index is 13.0. The van der Waals surface area contributed by atoms with Crippen LogP contribution in [-0.4, -0.2) is 51.5 Å². The molecule has 0 unspecified atom stereocenters. The van der Waals surface area contributed by atoms with Crippen molar-refractivity contribution in [3.05, 3.63) is 65.2 Å². The lowest BCUT2D eigenvalue weighted by Crippen LogP contribution is -2.41. The minimum atomic E-state index is -4.49. The van der Waals surface area contributed by atoms with Gasteiger partial charge in [-0.05, 0) is 36.8 Å². The third kappa shape index (κ3) is 4.40. The van der Waals surface area contributed by atoms with Gasteiger partial charge in [0.05, 0.1) is 22.4 Å². The van der Waals surface area contributed by atoms with E-state index in [-0.39, 0.29) is 24.6 Å². The van der Waals surface area contributed by atoms with Gasteiger partial charge < -0.3 is 0 Å². The summed E-state index contributed by atoms with van der Waals surface area (Å²) in [5.74, 6) is -0.548. The first kappa shape index (κ1) is 22.1. The number of halogens is 3. The van der Waals surface area contributed by atoms with Gasteiger partial charge in [0.15, 0.2) is 5.17 Å². The number of rotatable bonds is 4. The zero-order valence-corrected chi connectivity index (χ0v) is 17.6. The SMILES string of the molecule is O=C(CCN1C(=O)c2ccccc2C1=O)N1CCCSC1=Nc1cccc(C(F)(F)F)c1. The van der Waals surface area contributed by atoms with Crippen molar-refractivity contribution in [2.24, 2.45) is 4.99 Å². The Morgan fingerprint density at radius 2 is 1.72 bits per heavy atom. The molecule has 3 amide bonds. The average molecular weight is 461 g/mol. The van der Waals surface area contributed by atoms with E-state index in [1.807, 2.05) is 0 Å². The summed E-state index contributed by atoms with van der Waals surface area (Å²) in [4.78, 5) is 44.5. The Labute approximate surface area is 186 Å². The highest BCUT2D eigenvalue weighted by Gasteiger charge is 2.36. The molecule has 0 bridgehead atoms. The van der Waals surface area contributed by atoms with Crippen molar-refractivity contribution < 1.29 is 27.6 Å². The van der Waals surface area contributed by atoms with Crippen molar-refractivity contribution in [3.8, 4) is 0 Å². The molecule has 166 valence electrons. The van der Waals surface area contributed by atoms with E-state index in [2.05, 4.69) is 4.99 Å². The molecular weight excluding hydrogens is 443 g/mol. The summed E-state index contributed by atoms with van der Waals surface area (Å²) in [6.45, 7) is 0.287. The van der Waals surface area contributed by atoms with Gasteiger partial charge in [0.25, 0.3) is 11.8 Å². The number of aliphatic imine (C=N–C) groups is 1. The summed E-state index contributed by atoms with van der Waals surface area (Å²) in [6, 6.07) is 11.1. The summed E-state index contributed by atoms with van der Waals surface area (Å²) < 4.78 is 39.0. The maximum Gasteiger partial charge on any atom is 0.416 e. The molecule has 0 aliphatic carbocycles. The third-order valence-corrected chi connectivity index (χ3v) is 6.18. The number of thioether (sulfide) groups is 1. The lowest BCUT2D eigenvalue weighted by Gasteiger charge is -2.28. The first-order valence-electron chi connectivity index (χ1n) is 9.90. The van der Waals surface area contributed by atoms with Crippen LogP contribution in [0.1, 0.15) is 39.1 Å². The Balaban J connectivity index is 1.48. The van der Waals surface area contributed by atoms with Gasteiger partial charge in [0.2, 0.25) is 5.91 Å². The van der Waals surface area contributed by atoms with Crippen LogP contribution < -0.4 is 0 Å². The number of fused-ring (bicyclic) bond motifs is 1. The third-order valence-electron chi connectivity index (χ3n) is 5.11. The van der Waals surface area contributed by atoms with Crippen molar-refractivity contribution in [1.29, 1.82) is 0 Å². The standard InChI is InChI=1S/C22H18F3N3O3S/c23-22(24,25)14-5-3-6-15(13-14)26-21-27(10-4-12-32-21)18(29)9-11-28-19(30)16-7-1-2-8-17(16)20(28)31/h1-3,5-8,13H,4,9-12H2. The van der Waals surface area contributed by atoms with E-state index in [0.29, 0.717) is 35.0 Å². The van der Waals surface area contributed by atoms with E-state index < -0.39 is 23.6 Å². The van der Waals surface area contributed by atoms with Gasteiger partial charge in [-0.2, -0.15) is 13.2 Å². The number of carbonyl (C=O) groups is 3. The Hall–Kier alpha value is -3.14. The minimum absolute atomic E-state index is 0.0802. The van der Waals surface area contributed by atoms with E-state index in [1.54, 1.807) is 24.3 Å². The van der Waals surface area contributed by atoms with E-state index in [1.165, 1.54) is 28.8 Å². The lowest BCUT2D eigenvalue weighted by molar-refractivity contribution is -0.137. The fraction of sp³-hybridized carbons (Fsp3) is 0.273. The average Bonchev–Trinajstić information content (AvgIpc) is 3.02. The van der Waals surface area contributed by atoms with Gasteiger partial charge >= 0.3 is 6.18 Å². The zero-order valence-electron chi connectivity index (χ0n) is 16.8. The summed E-state index contributed by atoms with van der Waals surface area (Å²) in [7, 11) is 0. The number of benzene rings is 2. The molecule has 2 aliphatic rings. The molecule has 1 fully saturated rings. The number of amides is 3. The number of hydrogen-bond acceptors (Lipinski definition) is 5. The summed E-state index contributed by atoms with van der Waals surface area (Å²) >= 11 is 1.28. The molecule has 0 N–H and O–H groups in total. The molecule has 4 rings (SSSR count). The van der Waals surface area contributed by atoms with Crippen LogP contribution in [0.25, 0.3) is 0 Å². The lowest BCUT2D eigenvalue weighted by atomic mass is 10.1. The highest BCUT2D eigenvalue weighted by molar-refractivity contribution is 8.13. The Morgan fingerprint density at radius 1 is 1.03 bits per heavy atom. The van der Waals surface area contributed by atoms with E-state index in [0.717, 1.165) is 17.0 Å². The number of imide groups is 1. The molecule has 2 aromatic rings. The number of alkyl halides is 3. The van der Waals surface area contributed by atoms with Crippen LogP contribution in [0.3, 0.4) is 0 Å². The van der Waals surface area contributed by atoms with E-state index >= 15 is 0 Å². The zero-order chi connectivity index (χ0) is 22.9. The number of hydrogen-bond donors (Lipinski definition) is 0. The van der Waals surface area contributed by atoms with Gasteiger partial charge in [0, 0.05) is 25.3 Å². The molecule has 0 atom stereocenters. The fourth-order valence-corrected chi connectivity index (χ4v) is 4.51.